The first kappa shape index (κ1) is 32.0. The van der Waals surface area contributed by atoms with Crippen LogP contribution >= 0.6 is 11.6 Å². The molecule has 0 radical (unpaired) electrons. The fourth-order valence-corrected chi connectivity index (χ4v) is 4.48. The van der Waals surface area contributed by atoms with Crippen molar-refractivity contribution in [3.8, 4) is 0 Å². The number of alkyl halides is 1. The van der Waals surface area contributed by atoms with Crippen LogP contribution < -0.4 is 16.0 Å². The zero-order valence-corrected chi connectivity index (χ0v) is 23.6. The van der Waals surface area contributed by atoms with Gasteiger partial charge in [0.1, 0.15) is 30.8 Å². The second-order valence-corrected chi connectivity index (χ2v) is 10.4. The number of nitrogens with one attached hydrogen (secondary N) is 3. The van der Waals surface area contributed by atoms with Gasteiger partial charge in [-0.3, -0.25) is 19.2 Å². The molecular weight excluding hydrogens is 528 g/mol. The maximum absolute atomic E-state index is 13.5. The molecular formula is C27H39ClN4O7. The molecule has 0 aromatic heterocycles. The molecule has 2 rings (SSSR count). The fraction of sp³-hybridized carbons (Fsp3) is 0.593. The molecule has 39 heavy (non-hydrogen) atoms. The lowest BCUT2D eigenvalue weighted by Gasteiger charge is -2.30. The van der Waals surface area contributed by atoms with Gasteiger partial charge in [-0.15, -0.1) is 11.6 Å². The van der Waals surface area contributed by atoms with Crippen molar-refractivity contribution in [2.75, 3.05) is 12.4 Å². The largest absolute Gasteiger partial charge is 0.445 e. The molecule has 1 aliphatic rings. The summed E-state index contributed by atoms with van der Waals surface area (Å²) in [5, 5.41) is 17.4. The van der Waals surface area contributed by atoms with E-state index in [0.717, 1.165) is 5.56 Å². The van der Waals surface area contributed by atoms with E-state index in [0.29, 0.717) is 25.8 Å². The molecule has 1 aliphatic heterocycles. The summed E-state index contributed by atoms with van der Waals surface area (Å²) in [5.41, 5.74) is 0.806. The highest BCUT2D eigenvalue weighted by atomic mass is 35.5. The maximum atomic E-state index is 13.5. The average molecular weight is 567 g/mol. The van der Waals surface area contributed by atoms with Crippen LogP contribution in [0.4, 0.5) is 4.79 Å². The molecule has 0 spiro atoms. The first-order valence-electron chi connectivity index (χ1n) is 13.1. The number of carbonyl (C=O) groups excluding carboxylic acids is 5. The van der Waals surface area contributed by atoms with Crippen molar-refractivity contribution in [2.24, 2.45) is 5.92 Å². The Hall–Kier alpha value is -3.18. The number of amides is 4. The van der Waals surface area contributed by atoms with Crippen molar-refractivity contribution in [3.63, 3.8) is 0 Å². The Kier molecular flexibility index (Phi) is 12.7. The zero-order valence-electron chi connectivity index (χ0n) is 22.8. The number of carbonyl (C=O) groups is 5. The van der Waals surface area contributed by atoms with E-state index in [4.69, 9.17) is 16.3 Å². The van der Waals surface area contributed by atoms with Crippen LogP contribution in [0.2, 0.25) is 0 Å². The number of alkyl carbamates (subject to hydrolysis) is 1. The molecule has 4 amide bonds. The lowest BCUT2D eigenvalue weighted by molar-refractivity contribution is -0.141. The molecule has 0 bridgehead atoms. The van der Waals surface area contributed by atoms with E-state index in [1.54, 1.807) is 0 Å². The van der Waals surface area contributed by atoms with Gasteiger partial charge in [0.2, 0.25) is 17.7 Å². The van der Waals surface area contributed by atoms with Gasteiger partial charge in [0, 0.05) is 6.54 Å². The Morgan fingerprint density at radius 3 is 2.31 bits per heavy atom. The number of halogens is 1. The topological polar surface area (TPSA) is 154 Å². The van der Waals surface area contributed by atoms with Crippen LogP contribution in [0, 0.1) is 5.92 Å². The number of ketones is 1. The number of likely N-dealkylation sites (tertiary alicyclic amines) is 1. The van der Waals surface area contributed by atoms with Crippen LogP contribution in [-0.4, -0.2) is 82.3 Å². The molecule has 0 unspecified atom stereocenters. The number of nitrogens with zero attached hydrogens (tertiary/aromatic N) is 1. The van der Waals surface area contributed by atoms with Gasteiger partial charge >= 0.3 is 6.09 Å². The third kappa shape index (κ3) is 9.81. The van der Waals surface area contributed by atoms with Crippen LogP contribution in [0.25, 0.3) is 0 Å². The molecule has 216 valence electrons. The van der Waals surface area contributed by atoms with Gasteiger partial charge in [0.15, 0.2) is 5.78 Å². The van der Waals surface area contributed by atoms with E-state index in [1.807, 2.05) is 44.2 Å². The second kappa shape index (κ2) is 15.4. The number of Topliss-reactive ketones (excluding diaryl/α,β-unsaturated/α-hetero) is 1. The minimum atomic E-state index is -1.21. The van der Waals surface area contributed by atoms with Gasteiger partial charge in [0.25, 0.3) is 0 Å². The number of benzene rings is 1. The van der Waals surface area contributed by atoms with Crippen molar-refractivity contribution >= 4 is 41.2 Å². The minimum Gasteiger partial charge on any atom is -0.445 e. The molecule has 1 aromatic carbocycles. The molecule has 1 heterocycles. The predicted molar refractivity (Wildman–Crippen MR) is 145 cm³/mol. The summed E-state index contributed by atoms with van der Waals surface area (Å²) >= 11 is 5.55. The molecule has 1 saturated heterocycles. The van der Waals surface area contributed by atoms with Crippen LogP contribution in [0.1, 0.15) is 52.5 Å². The van der Waals surface area contributed by atoms with Gasteiger partial charge in [0.05, 0.1) is 12.0 Å². The highest BCUT2D eigenvalue weighted by molar-refractivity contribution is 6.28. The lowest BCUT2D eigenvalue weighted by atomic mass is 10.0. The smallest absolute Gasteiger partial charge is 0.408 e. The number of aliphatic hydroxyl groups excluding tert-OH is 1. The molecule has 1 fully saturated rings. The number of hydrogen-bond acceptors (Lipinski definition) is 7. The summed E-state index contributed by atoms with van der Waals surface area (Å²) < 4.78 is 5.28. The van der Waals surface area contributed by atoms with Crippen molar-refractivity contribution in [1.29, 1.82) is 0 Å². The normalized spacial score (nSPS) is 18.0. The van der Waals surface area contributed by atoms with Crippen molar-refractivity contribution in [1.82, 2.24) is 20.9 Å². The van der Waals surface area contributed by atoms with Gasteiger partial charge in [-0.05, 0) is 44.6 Å². The van der Waals surface area contributed by atoms with E-state index < -0.39 is 59.9 Å². The molecule has 1 aromatic rings. The predicted octanol–water partition coefficient (Wildman–Crippen LogP) is 1.50. The zero-order chi connectivity index (χ0) is 29.1. The number of hydrogen-bond donors (Lipinski definition) is 4. The molecule has 5 atom stereocenters. The van der Waals surface area contributed by atoms with E-state index in [9.17, 15) is 29.1 Å². The van der Waals surface area contributed by atoms with Crippen LogP contribution in [-0.2, 0) is 30.5 Å². The van der Waals surface area contributed by atoms with E-state index >= 15 is 0 Å². The van der Waals surface area contributed by atoms with Crippen LogP contribution in [0.5, 0.6) is 0 Å². The fourth-order valence-electron chi connectivity index (χ4n) is 4.31. The quantitative estimate of drug-likeness (QED) is 0.264. The highest BCUT2D eigenvalue weighted by Gasteiger charge is 2.39. The Morgan fingerprint density at radius 1 is 1.05 bits per heavy atom. The third-order valence-corrected chi connectivity index (χ3v) is 6.62. The summed E-state index contributed by atoms with van der Waals surface area (Å²) in [6.45, 7) is 6.99. The second-order valence-electron chi connectivity index (χ2n) is 10.1. The molecule has 4 N–H and O–H groups in total. The van der Waals surface area contributed by atoms with Crippen molar-refractivity contribution in [3.05, 3.63) is 35.9 Å². The minimum absolute atomic E-state index is 0.0520. The molecule has 0 saturated carbocycles. The standard InChI is InChI=1S/C27H39ClN4O7/c1-16(2)13-20(30-27(38)39-15-19-9-6-5-7-10-19)26(37)32-12-8-11-21(32)25(36)29-17(3)24(35)31-23(18(4)33)22(34)14-28/h5-7,9-10,16-18,20-21,23,33H,8,11-15H2,1-4H3,(H,29,36)(H,30,38)(H,31,35)/t17-,18+,20-,21-,23-/m0/s1. The van der Waals surface area contributed by atoms with Crippen molar-refractivity contribution < 1.29 is 33.8 Å². The Labute approximate surface area is 234 Å². The molecule has 0 aliphatic carbocycles. The van der Waals surface area contributed by atoms with E-state index in [1.165, 1.54) is 18.7 Å². The number of aliphatic hydroxyl groups is 1. The summed E-state index contributed by atoms with van der Waals surface area (Å²) in [6, 6.07) is 5.17. The van der Waals surface area contributed by atoms with Gasteiger partial charge < -0.3 is 30.7 Å². The summed E-state index contributed by atoms with van der Waals surface area (Å²) in [7, 11) is 0. The summed E-state index contributed by atoms with van der Waals surface area (Å²) in [5.74, 6) is -2.49. The van der Waals surface area contributed by atoms with Crippen LogP contribution in [0.3, 0.4) is 0 Å². The number of rotatable bonds is 13. The van der Waals surface area contributed by atoms with Gasteiger partial charge in [-0.2, -0.15) is 0 Å². The van der Waals surface area contributed by atoms with Gasteiger partial charge in [-0.1, -0.05) is 44.2 Å². The Bertz CT molecular complexity index is 1010. The monoisotopic (exact) mass is 566 g/mol. The van der Waals surface area contributed by atoms with E-state index in [-0.39, 0.29) is 18.4 Å². The first-order valence-corrected chi connectivity index (χ1v) is 13.6. The van der Waals surface area contributed by atoms with Gasteiger partial charge in [-0.25, -0.2) is 4.79 Å². The third-order valence-electron chi connectivity index (χ3n) is 6.36. The molecule has 11 nitrogen and oxygen atoms in total. The van der Waals surface area contributed by atoms with Crippen LogP contribution in [0.15, 0.2) is 30.3 Å². The highest BCUT2D eigenvalue weighted by Crippen LogP contribution is 2.21. The number of ether oxygens (including phenoxy) is 1. The summed E-state index contributed by atoms with van der Waals surface area (Å²) in [6.07, 6.45) is -0.595. The Balaban J connectivity index is 2.02. The maximum Gasteiger partial charge on any atom is 0.408 e. The lowest BCUT2D eigenvalue weighted by Crippen LogP contribution is -2.57. The summed E-state index contributed by atoms with van der Waals surface area (Å²) in [4.78, 5) is 65.0. The average Bonchev–Trinajstić information content (AvgIpc) is 3.39. The van der Waals surface area contributed by atoms with Crippen molar-refractivity contribution in [2.45, 2.75) is 83.8 Å². The SMILES string of the molecule is CC(C)C[C@H](NC(=O)OCc1ccccc1)C(=O)N1CCC[C@H]1C(=O)N[C@@H](C)C(=O)N[C@H](C(=O)CCl)[C@@H](C)O. The molecule has 12 heteroatoms. The van der Waals surface area contributed by atoms with E-state index in [2.05, 4.69) is 16.0 Å². The Morgan fingerprint density at radius 2 is 1.72 bits per heavy atom. The first-order chi connectivity index (χ1) is 18.4.